The second kappa shape index (κ2) is 4.56. The number of pyridine rings is 1. The molecule has 6 nitrogen and oxygen atoms in total. The predicted molar refractivity (Wildman–Crippen MR) is 58.0 cm³/mol. The van der Waals surface area contributed by atoms with E-state index in [1.807, 2.05) is 6.92 Å². The fourth-order valence-corrected chi connectivity index (χ4v) is 1.13. The minimum Gasteiger partial charge on any atom is -0.477 e. The maximum atomic E-state index is 10.7. The number of ether oxygens (including phenoxy) is 1. The summed E-state index contributed by atoms with van der Waals surface area (Å²) < 4.78 is 5.28. The summed E-state index contributed by atoms with van der Waals surface area (Å²) in [5.74, 6) is -0.669. The average Bonchev–Trinajstić information content (AvgIpc) is 2.32. The van der Waals surface area contributed by atoms with Crippen LogP contribution in [0.15, 0.2) is 30.6 Å². The topological polar surface area (TPSA) is 85.2 Å². The lowest BCUT2D eigenvalue weighted by Crippen LogP contribution is -2.02. The van der Waals surface area contributed by atoms with E-state index in [9.17, 15) is 4.79 Å². The van der Waals surface area contributed by atoms with Crippen LogP contribution in [0, 0.1) is 6.92 Å². The Labute approximate surface area is 96.9 Å². The fraction of sp³-hybridized carbons (Fsp3) is 0.0909. The van der Waals surface area contributed by atoms with Crippen molar-refractivity contribution >= 4 is 5.97 Å². The van der Waals surface area contributed by atoms with Crippen LogP contribution < -0.4 is 4.74 Å². The molecule has 0 atom stereocenters. The number of carboxylic acid groups (broad SMARTS) is 1. The van der Waals surface area contributed by atoms with Gasteiger partial charge in [0.25, 0.3) is 0 Å². The number of carboxylic acids is 1. The lowest BCUT2D eigenvalue weighted by molar-refractivity contribution is 0.0689. The van der Waals surface area contributed by atoms with E-state index in [0.717, 1.165) is 5.69 Å². The van der Waals surface area contributed by atoms with Gasteiger partial charge >= 0.3 is 12.0 Å². The number of hydrogen-bond donors (Lipinski definition) is 1. The minimum atomic E-state index is -1.13. The van der Waals surface area contributed by atoms with Gasteiger partial charge in [-0.15, -0.1) is 0 Å². The number of hydrogen-bond acceptors (Lipinski definition) is 5. The molecule has 0 spiro atoms. The van der Waals surface area contributed by atoms with Crippen molar-refractivity contribution in [2.45, 2.75) is 6.92 Å². The molecule has 0 bridgehead atoms. The third kappa shape index (κ3) is 2.75. The highest BCUT2D eigenvalue weighted by Gasteiger charge is 2.07. The summed E-state index contributed by atoms with van der Waals surface area (Å²) in [5.41, 5.74) is 0.743. The third-order valence-corrected chi connectivity index (χ3v) is 1.95. The first-order valence-corrected chi connectivity index (χ1v) is 4.82. The largest absolute Gasteiger partial charge is 0.477 e. The molecule has 0 aliphatic rings. The van der Waals surface area contributed by atoms with Crippen LogP contribution in [0.5, 0.6) is 11.8 Å². The molecule has 86 valence electrons. The van der Waals surface area contributed by atoms with E-state index in [0.29, 0.717) is 5.75 Å². The highest BCUT2D eigenvalue weighted by molar-refractivity contribution is 5.85. The quantitative estimate of drug-likeness (QED) is 0.864. The van der Waals surface area contributed by atoms with Crippen LogP contribution in [0.3, 0.4) is 0 Å². The Morgan fingerprint density at radius 2 is 2.12 bits per heavy atom. The van der Waals surface area contributed by atoms with Crippen LogP contribution >= 0.6 is 0 Å². The number of nitrogens with zero attached hydrogens (tertiary/aromatic N) is 3. The second-order valence-corrected chi connectivity index (χ2v) is 3.27. The lowest BCUT2D eigenvalue weighted by atomic mass is 10.4. The van der Waals surface area contributed by atoms with Crippen molar-refractivity contribution in [3.05, 3.63) is 42.0 Å². The standard InChI is InChI=1S/C11H9N3O3/c1-7-2-3-8(6-13-7)17-11-12-5-4-9(14-11)10(15)16/h2-6H,1H3,(H,15,16). The van der Waals surface area contributed by atoms with Gasteiger partial charge < -0.3 is 9.84 Å². The zero-order chi connectivity index (χ0) is 12.3. The zero-order valence-corrected chi connectivity index (χ0v) is 8.99. The Kier molecular flexibility index (Phi) is 2.95. The van der Waals surface area contributed by atoms with Gasteiger partial charge in [-0.05, 0) is 25.1 Å². The molecule has 6 heteroatoms. The summed E-state index contributed by atoms with van der Waals surface area (Å²) in [6, 6.07) is 4.76. The molecule has 1 N–H and O–H groups in total. The molecule has 0 unspecified atom stereocenters. The number of aromatic carboxylic acids is 1. The van der Waals surface area contributed by atoms with E-state index in [4.69, 9.17) is 9.84 Å². The number of rotatable bonds is 3. The van der Waals surface area contributed by atoms with E-state index < -0.39 is 5.97 Å². The van der Waals surface area contributed by atoms with Gasteiger partial charge in [0.2, 0.25) is 0 Å². The Morgan fingerprint density at radius 1 is 1.29 bits per heavy atom. The average molecular weight is 231 g/mol. The molecule has 0 aromatic carbocycles. The molecule has 2 aromatic rings. The van der Waals surface area contributed by atoms with Gasteiger partial charge in [-0.25, -0.2) is 9.78 Å². The van der Waals surface area contributed by atoms with Gasteiger partial charge in [-0.3, -0.25) is 4.98 Å². The fourth-order valence-electron chi connectivity index (χ4n) is 1.13. The van der Waals surface area contributed by atoms with Crippen molar-refractivity contribution in [2.24, 2.45) is 0 Å². The van der Waals surface area contributed by atoms with E-state index in [2.05, 4.69) is 15.0 Å². The van der Waals surface area contributed by atoms with Crippen LogP contribution in [-0.2, 0) is 0 Å². The van der Waals surface area contributed by atoms with Crippen molar-refractivity contribution < 1.29 is 14.6 Å². The summed E-state index contributed by atoms with van der Waals surface area (Å²) in [6.07, 6.45) is 2.85. The molecular formula is C11H9N3O3. The van der Waals surface area contributed by atoms with Gasteiger partial charge in [0, 0.05) is 11.9 Å². The molecule has 0 radical (unpaired) electrons. The normalized spacial score (nSPS) is 9.94. The highest BCUT2D eigenvalue weighted by atomic mass is 16.5. The SMILES string of the molecule is Cc1ccc(Oc2nccc(C(=O)O)n2)cn1. The molecule has 0 amide bonds. The molecule has 2 rings (SSSR count). The van der Waals surface area contributed by atoms with Crippen LogP contribution in [-0.4, -0.2) is 26.0 Å². The third-order valence-electron chi connectivity index (χ3n) is 1.95. The summed E-state index contributed by atoms with van der Waals surface area (Å²) in [4.78, 5) is 22.3. The Bertz CT molecular complexity index is 540. The van der Waals surface area contributed by atoms with Gasteiger partial charge in [0.15, 0.2) is 5.69 Å². The maximum absolute atomic E-state index is 10.7. The van der Waals surface area contributed by atoms with E-state index in [1.165, 1.54) is 18.5 Å². The molecular weight excluding hydrogens is 222 g/mol. The lowest BCUT2D eigenvalue weighted by Gasteiger charge is -2.03. The number of aryl methyl sites for hydroxylation is 1. The molecule has 0 saturated carbocycles. The predicted octanol–water partition coefficient (Wildman–Crippen LogP) is 1.67. The highest BCUT2D eigenvalue weighted by Crippen LogP contribution is 2.16. The maximum Gasteiger partial charge on any atom is 0.354 e. The smallest absolute Gasteiger partial charge is 0.354 e. The Morgan fingerprint density at radius 3 is 2.76 bits per heavy atom. The van der Waals surface area contributed by atoms with Crippen molar-refractivity contribution in [1.29, 1.82) is 0 Å². The van der Waals surface area contributed by atoms with Crippen molar-refractivity contribution in [2.75, 3.05) is 0 Å². The van der Waals surface area contributed by atoms with Crippen LogP contribution in [0.4, 0.5) is 0 Å². The molecule has 17 heavy (non-hydrogen) atoms. The van der Waals surface area contributed by atoms with Crippen molar-refractivity contribution in [3.63, 3.8) is 0 Å². The zero-order valence-electron chi connectivity index (χ0n) is 8.99. The Hall–Kier alpha value is -2.50. The van der Waals surface area contributed by atoms with E-state index in [-0.39, 0.29) is 11.7 Å². The molecule has 0 aliphatic carbocycles. The van der Waals surface area contributed by atoms with Crippen LogP contribution in [0.25, 0.3) is 0 Å². The first kappa shape index (κ1) is 11.0. The molecule has 0 saturated heterocycles. The monoisotopic (exact) mass is 231 g/mol. The number of aromatic nitrogens is 3. The molecule has 0 aliphatic heterocycles. The Balaban J connectivity index is 2.21. The summed E-state index contributed by atoms with van der Waals surface area (Å²) >= 11 is 0. The first-order chi connectivity index (χ1) is 8.15. The summed E-state index contributed by atoms with van der Waals surface area (Å²) in [6.45, 7) is 1.85. The van der Waals surface area contributed by atoms with Gasteiger partial charge in [-0.2, -0.15) is 4.98 Å². The van der Waals surface area contributed by atoms with Crippen molar-refractivity contribution in [1.82, 2.24) is 15.0 Å². The van der Waals surface area contributed by atoms with Gasteiger partial charge in [0.1, 0.15) is 5.75 Å². The minimum absolute atomic E-state index is 0.0180. The van der Waals surface area contributed by atoms with Gasteiger partial charge in [0.05, 0.1) is 6.20 Å². The second-order valence-electron chi connectivity index (χ2n) is 3.27. The van der Waals surface area contributed by atoms with Gasteiger partial charge in [-0.1, -0.05) is 0 Å². The van der Waals surface area contributed by atoms with E-state index >= 15 is 0 Å². The molecule has 2 aromatic heterocycles. The summed E-state index contributed by atoms with van der Waals surface area (Å²) in [7, 11) is 0. The van der Waals surface area contributed by atoms with E-state index in [1.54, 1.807) is 12.1 Å². The number of carbonyl (C=O) groups is 1. The van der Waals surface area contributed by atoms with Crippen molar-refractivity contribution in [3.8, 4) is 11.8 Å². The molecule has 2 heterocycles. The summed E-state index contributed by atoms with van der Waals surface area (Å²) in [5, 5.41) is 8.75. The first-order valence-electron chi connectivity index (χ1n) is 4.82. The van der Waals surface area contributed by atoms with Crippen LogP contribution in [0.2, 0.25) is 0 Å². The van der Waals surface area contributed by atoms with Crippen LogP contribution in [0.1, 0.15) is 16.2 Å². The molecule has 0 fully saturated rings.